The number of benzene rings is 1. The smallest absolute Gasteiger partial charge is 0.191 e. The van der Waals surface area contributed by atoms with E-state index in [4.69, 9.17) is 0 Å². The van der Waals surface area contributed by atoms with Crippen molar-refractivity contribution in [2.45, 2.75) is 39.4 Å². The minimum Gasteiger partial charge on any atom is -0.352 e. The van der Waals surface area contributed by atoms with Crippen LogP contribution in [-0.4, -0.2) is 31.0 Å². The van der Waals surface area contributed by atoms with Crippen molar-refractivity contribution in [1.29, 1.82) is 0 Å². The van der Waals surface area contributed by atoms with Crippen molar-refractivity contribution in [2.24, 2.45) is 10.9 Å². The predicted molar refractivity (Wildman–Crippen MR) is 111 cm³/mol. The Morgan fingerprint density at radius 2 is 1.77 bits per heavy atom. The fourth-order valence-corrected chi connectivity index (χ4v) is 3.88. The number of piperidine rings is 1. The van der Waals surface area contributed by atoms with E-state index in [1.807, 2.05) is 7.05 Å². The third kappa shape index (κ3) is 5.85. The van der Waals surface area contributed by atoms with Crippen LogP contribution in [0.4, 0.5) is 0 Å². The number of nitrogens with zero attached hydrogens (tertiary/aromatic N) is 2. The van der Waals surface area contributed by atoms with Crippen LogP contribution in [0.1, 0.15) is 35.8 Å². The normalized spacial score (nSPS) is 16.6. The lowest BCUT2D eigenvalue weighted by molar-refractivity contribution is 0.185. The molecule has 4 nitrogen and oxygen atoms in total. The fourth-order valence-electron chi connectivity index (χ4n) is 3.23. The first-order valence-corrected chi connectivity index (χ1v) is 10.4. The molecule has 1 aromatic carbocycles. The minimum atomic E-state index is 0.783. The van der Waals surface area contributed by atoms with E-state index < -0.39 is 0 Å². The maximum atomic E-state index is 4.30. The fraction of sp³-hybridized carbons (Fsp3) is 0.476. The van der Waals surface area contributed by atoms with Gasteiger partial charge >= 0.3 is 0 Å². The van der Waals surface area contributed by atoms with Crippen LogP contribution in [0.3, 0.4) is 0 Å². The number of hydrogen-bond acceptors (Lipinski definition) is 3. The molecule has 0 radical (unpaired) electrons. The first kappa shape index (κ1) is 18.9. The van der Waals surface area contributed by atoms with Gasteiger partial charge in [0.2, 0.25) is 0 Å². The van der Waals surface area contributed by atoms with Gasteiger partial charge in [0.15, 0.2) is 5.96 Å². The predicted octanol–water partition coefficient (Wildman–Crippen LogP) is 3.85. The topological polar surface area (TPSA) is 39.7 Å². The molecule has 26 heavy (non-hydrogen) atoms. The molecule has 1 aliphatic heterocycles. The lowest BCUT2D eigenvalue weighted by Crippen LogP contribution is -2.36. The van der Waals surface area contributed by atoms with Crippen molar-refractivity contribution in [2.75, 3.05) is 20.1 Å². The van der Waals surface area contributed by atoms with E-state index in [0.29, 0.717) is 0 Å². The maximum absolute atomic E-state index is 4.30. The third-order valence-corrected chi connectivity index (χ3v) is 5.88. The summed E-state index contributed by atoms with van der Waals surface area (Å²) in [5.74, 6) is 1.73. The molecule has 2 N–H and O–H groups in total. The van der Waals surface area contributed by atoms with E-state index in [1.54, 1.807) is 11.3 Å². The highest BCUT2D eigenvalue weighted by Gasteiger charge is 2.15. The quantitative estimate of drug-likeness (QED) is 0.599. The minimum absolute atomic E-state index is 0.783. The summed E-state index contributed by atoms with van der Waals surface area (Å²) in [7, 11) is 1.81. The highest BCUT2D eigenvalue weighted by atomic mass is 32.1. The van der Waals surface area contributed by atoms with E-state index >= 15 is 0 Å². The number of guanidine groups is 1. The SMILES string of the molecule is CN=C(NCc1ccc(CN2CCC(C)CC2)cc1)NCc1cccs1. The summed E-state index contributed by atoms with van der Waals surface area (Å²) in [6, 6.07) is 13.2. The molecule has 1 aliphatic rings. The molecular weight excluding hydrogens is 340 g/mol. The molecule has 1 fully saturated rings. The molecule has 0 saturated carbocycles. The van der Waals surface area contributed by atoms with Crippen LogP contribution >= 0.6 is 11.3 Å². The lowest BCUT2D eigenvalue weighted by atomic mass is 9.99. The molecule has 2 heterocycles. The summed E-state index contributed by atoms with van der Waals surface area (Å²) in [5.41, 5.74) is 2.68. The van der Waals surface area contributed by atoms with Crippen LogP contribution in [0.15, 0.2) is 46.8 Å². The Morgan fingerprint density at radius 1 is 1.08 bits per heavy atom. The Labute approximate surface area is 161 Å². The van der Waals surface area contributed by atoms with Crippen molar-refractivity contribution in [1.82, 2.24) is 15.5 Å². The molecule has 1 aromatic heterocycles. The van der Waals surface area contributed by atoms with Gasteiger partial charge in [-0.2, -0.15) is 0 Å². The Kier molecular flexibility index (Phi) is 7.09. The average molecular weight is 371 g/mol. The molecule has 1 saturated heterocycles. The lowest BCUT2D eigenvalue weighted by Gasteiger charge is -2.30. The van der Waals surface area contributed by atoms with E-state index in [-0.39, 0.29) is 0 Å². The van der Waals surface area contributed by atoms with Gasteiger partial charge in [-0.1, -0.05) is 37.3 Å². The zero-order valence-electron chi connectivity index (χ0n) is 15.9. The highest BCUT2D eigenvalue weighted by Crippen LogP contribution is 2.18. The summed E-state index contributed by atoms with van der Waals surface area (Å²) in [4.78, 5) is 8.18. The molecule has 2 aromatic rings. The van der Waals surface area contributed by atoms with E-state index in [9.17, 15) is 0 Å². The van der Waals surface area contributed by atoms with Crippen LogP contribution in [0.2, 0.25) is 0 Å². The molecule has 0 bridgehead atoms. The third-order valence-electron chi connectivity index (χ3n) is 5.00. The van der Waals surface area contributed by atoms with E-state index in [1.165, 1.54) is 41.9 Å². The number of rotatable bonds is 6. The summed E-state index contributed by atoms with van der Waals surface area (Å²) < 4.78 is 0. The second-order valence-corrected chi connectivity index (χ2v) is 8.17. The van der Waals surface area contributed by atoms with Gasteiger partial charge in [0.05, 0.1) is 6.54 Å². The van der Waals surface area contributed by atoms with Crippen molar-refractivity contribution in [3.8, 4) is 0 Å². The number of thiophene rings is 1. The van der Waals surface area contributed by atoms with Gasteiger partial charge in [-0.15, -0.1) is 11.3 Å². The molecule has 0 amide bonds. The average Bonchev–Trinajstić information content (AvgIpc) is 3.18. The van der Waals surface area contributed by atoms with E-state index in [2.05, 4.69) is 69.2 Å². The standard InChI is InChI=1S/C21H30N4S/c1-17-9-11-25(12-10-17)16-19-7-5-18(6-8-19)14-23-21(22-2)24-15-20-4-3-13-26-20/h3-8,13,17H,9-12,14-16H2,1-2H3,(H2,22,23,24). The van der Waals surface area contributed by atoms with Crippen LogP contribution < -0.4 is 10.6 Å². The Morgan fingerprint density at radius 3 is 2.42 bits per heavy atom. The molecule has 3 rings (SSSR count). The molecule has 0 spiro atoms. The molecule has 0 unspecified atom stereocenters. The van der Waals surface area contributed by atoms with Gasteiger partial charge in [-0.05, 0) is 54.4 Å². The second kappa shape index (κ2) is 9.74. The second-order valence-electron chi connectivity index (χ2n) is 7.13. The Bertz CT molecular complexity index is 671. The summed E-state index contributed by atoms with van der Waals surface area (Å²) in [6.07, 6.45) is 2.67. The van der Waals surface area contributed by atoms with Crippen molar-refractivity contribution in [3.63, 3.8) is 0 Å². The Balaban J connectivity index is 1.43. The summed E-state index contributed by atoms with van der Waals surface area (Å²) in [6.45, 7) is 7.50. The van der Waals surface area contributed by atoms with Crippen LogP contribution in [0.5, 0.6) is 0 Å². The monoisotopic (exact) mass is 370 g/mol. The van der Waals surface area contributed by atoms with Gasteiger partial charge in [-0.3, -0.25) is 9.89 Å². The highest BCUT2D eigenvalue weighted by molar-refractivity contribution is 7.09. The summed E-state index contributed by atoms with van der Waals surface area (Å²) >= 11 is 1.76. The maximum Gasteiger partial charge on any atom is 0.191 e. The van der Waals surface area contributed by atoms with Gasteiger partial charge in [0.1, 0.15) is 0 Å². The zero-order chi connectivity index (χ0) is 18.2. The van der Waals surface area contributed by atoms with Crippen molar-refractivity contribution in [3.05, 3.63) is 57.8 Å². The number of likely N-dealkylation sites (tertiary alicyclic amines) is 1. The first-order chi connectivity index (χ1) is 12.7. The van der Waals surface area contributed by atoms with E-state index in [0.717, 1.165) is 31.5 Å². The number of nitrogens with one attached hydrogen (secondary N) is 2. The van der Waals surface area contributed by atoms with Gasteiger partial charge in [-0.25, -0.2) is 0 Å². The first-order valence-electron chi connectivity index (χ1n) is 9.50. The summed E-state index contributed by atoms with van der Waals surface area (Å²) in [5, 5.41) is 8.84. The van der Waals surface area contributed by atoms with Gasteiger partial charge in [0.25, 0.3) is 0 Å². The molecule has 0 atom stereocenters. The van der Waals surface area contributed by atoms with Gasteiger partial charge < -0.3 is 10.6 Å². The number of hydrogen-bond donors (Lipinski definition) is 2. The van der Waals surface area contributed by atoms with Crippen molar-refractivity contribution < 1.29 is 0 Å². The van der Waals surface area contributed by atoms with Crippen LogP contribution in [-0.2, 0) is 19.6 Å². The molecule has 5 heteroatoms. The molecule has 140 valence electrons. The Hall–Kier alpha value is -1.85. The van der Waals surface area contributed by atoms with Gasteiger partial charge in [0, 0.05) is 25.0 Å². The van der Waals surface area contributed by atoms with Crippen molar-refractivity contribution >= 4 is 17.3 Å². The zero-order valence-corrected chi connectivity index (χ0v) is 16.7. The van der Waals surface area contributed by atoms with Crippen LogP contribution in [0, 0.1) is 5.92 Å². The molecular formula is C21H30N4S. The largest absolute Gasteiger partial charge is 0.352 e. The molecule has 0 aliphatic carbocycles. The number of aliphatic imine (C=N–C) groups is 1. The van der Waals surface area contributed by atoms with Crippen LogP contribution in [0.25, 0.3) is 0 Å².